The molecular formula is C8H4IN3S. The topological polar surface area (TPSA) is 48.7 Å². The molecule has 0 saturated heterocycles. The highest BCUT2D eigenvalue weighted by molar-refractivity contribution is 14.1. The van der Waals surface area contributed by atoms with Gasteiger partial charge in [0.05, 0.1) is 33.1 Å². The number of rotatable bonds is 1. The van der Waals surface area contributed by atoms with E-state index in [2.05, 4.69) is 31.4 Å². The maximum absolute atomic E-state index is 8.65. The predicted molar refractivity (Wildman–Crippen MR) is 62.0 cm³/mol. The quantitative estimate of drug-likeness (QED) is 0.651. The van der Waals surface area contributed by atoms with Gasteiger partial charge in [0.15, 0.2) is 5.01 Å². The molecule has 5 heteroatoms. The molecule has 0 aliphatic rings. The lowest BCUT2D eigenvalue weighted by atomic mass is 10.3. The summed E-state index contributed by atoms with van der Waals surface area (Å²) in [6.07, 6.45) is 0. The molecule has 0 bridgehead atoms. The van der Waals surface area contributed by atoms with Gasteiger partial charge in [-0.1, -0.05) is 0 Å². The summed E-state index contributed by atoms with van der Waals surface area (Å²) in [5.74, 6) is 0. The van der Waals surface area contributed by atoms with Crippen LogP contribution in [-0.2, 0) is 0 Å². The minimum atomic E-state index is 0.514. The standard InChI is InChI=1S/C8H4IN3S/c9-12-5-1-2-6-7(3-5)13-8(4-10)11-6/h1-3,12H. The Morgan fingerprint density at radius 1 is 1.54 bits per heavy atom. The number of aromatic nitrogens is 1. The Labute approximate surface area is 92.9 Å². The predicted octanol–water partition coefficient (Wildman–Crippen LogP) is 2.93. The number of halogens is 1. The zero-order valence-corrected chi connectivity index (χ0v) is 9.39. The smallest absolute Gasteiger partial charge is 0.195 e. The molecule has 64 valence electrons. The minimum Gasteiger partial charge on any atom is -0.328 e. The average molecular weight is 301 g/mol. The number of thiazole rings is 1. The summed E-state index contributed by atoms with van der Waals surface area (Å²) in [7, 11) is 0. The van der Waals surface area contributed by atoms with Crippen LogP contribution in [0, 0.1) is 11.3 Å². The second-order valence-electron chi connectivity index (χ2n) is 2.41. The van der Waals surface area contributed by atoms with E-state index in [0.717, 1.165) is 15.9 Å². The summed E-state index contributed by atoms with van der Waals surface area (Å²) in [4.78, 5) is 4.13. The third kappa shape index (κ3) is 1.59. The molecule has 0 atom stereocenters. The monoisotopic (exact) mass is 301 g/mol. The first-order valence-electron chi connectivity index (χ1n) is 3.51. The molecule has 2 rings (SSSR count). The van der Waals surface area contributed by atoms with Crippen molar-refractivity contribution >= 4 is 50.1 Å². The highest BCUT2D eigenvalue weighted by Crippen LogP contribution is 2.25. The van der Waals surface area contributed by atoms with E-state index >= 15 is 0 Å². The molecule has 1 aromatic carbocycles. The molecule has 0 unspecified atom stereocenters. The SMILES string of the molecule is N#Cc1nc2ccc(NI)cc2s1. The Bertz CT molecular complexity index is 486. The van der Waals surface area contributed by atoms with Gasteiger partial charge in [0.25, 0.3) is 0 Å². The number of anilines is 1. The van der Waals surface area contributed by atoms with Gasteiger partial charge in [-0.3, -0.25) is 0 Å². The Hall–Kier alpha value is -0.870. The molecule has 1 heterocycles. The molecule has 0 radical (unpaired) electrons. The van der Waals surface area contributed by atoms with Crippen LogP contribution >= 0.6 is 34.2 Å². The van der Waals surface area contributed by atoms with E-state index in [-0.39, 0.29) is 0 Å². The molecule has 0 fully saturated rings. The van der Waals surface area contributed by atoms with Gasteiger partial charge in [0, 0.05) is 5.69 Å². The van der Waals surface area contributed by atoms with Gasteiger partial charge in [-0.15, -0.1) is 11.3 Å². The van der Waals surface area contributed by atoms with Crippen LogP contribution in [0.15, 0.2) is 18.2 Å². The normalized spacial score (nSPS) is 9.85. The lowest BCUT2D eigenvalue weighted by Crippen LogP contribution is -1.76. The lowest BCUT2D eigenvalue weighted by molar-refractivity contribution is 1.40. The van der Waals surface area contributed by atoms with Crippen LogP contribution in [0.3, 0.4) is 0 Å². The van der Waals surface area contributed by atoms with Crippen LogP contribution in [0.1, 0.15) is 5.01 Å². The third-order valence-electron chi connectivity index (χ3n) is 1.59. The molecule has 0 spiro atoms. The van der Waals surface area contributed by atoms with Crippen molar-refractivity contribution in [3.05, 3.63) is 23.2 Å². The lowest BCUT2D eigenvalue weighted by Gasteiger charge is -1.94. The van der Waals surface area contributed by atoms with Crippen LogP contribution in [0.5, 0.6) is 0 Å². The maximum atomic E-state index is 8.65. The number of nitrogens with zero attached hydrogens (tertiary/aromatic N) is 2. The van der Waals surface area contributed by atoms with Crippen LogP contribution in [0.2, 0.25) is 0 Å². The van der Waals surface area contributed by atoms with Crippen LogP contribution < -0.4 is 3.53 Å². The minimum absolute atomic E-state index is 0.514. The third-order valence-corrected chi connectivity index (χ3v) is 3.14. The average Bonchev–Trinajstić information content (AvgIpc) is 2.58. The number of benzene rings is 1. The van der Waals surface area contributed by atoms with Gasteiger partial charge >= 0.3 is 0 Å². The van der Waals surface area contributed by atoms with Crippen LogP contribution in [-0.4, -0.2) is 4.98 Å². The Balaban J connectivity index is 2.65. The molecule has 3 nitrogen and oxygen atoms in total. The van der Waals surface area contributed by atoms with Gasteiger partial charge < -0.3 is 3.53 Å². The van der Waals surface area contributed by atoms with Crippen LogP contribution in [0.4, 0.5) is 5.69 Å². The molecule has 0 aliphatic heterocycles. The second kappa shape index (κ2) is 3.47. The summed E-state index contributed by atoms with van der Waals surface area (Å²) in [5.41, 5.74) is 1.91. The maximum Gasteiger partial charge on any atom is 0.195 e. The molecule has 0 aliphatic carbocycles. The first-order chi connectivity index (χ1) is 6.33. The summed E-state index contributed by atoms with van der Waals surface area (Å²) in [5, 5.41) is 9.16. The Morgan fingerprint density at radius 3 is 3.08 bits per heavy atom. The van der Waals surface area contributed by atoms with E-state index in [1.54, 1.807) is 0 Å². The van der Waals surface area contributed by atoms with Crippen molar-refractivity contribution in [2.75, 3.05) is 3.53 Å². The second-order valence-corrected chi connectivity index (χ2v) is 3.98. The first-order valence-corrected chi connectivity index (χ1v) is 5.40. The summed E-state index contributed by atoms with van der Waals surface area (Å²) < 4.78 is 4.05. The largest absolute Gasteiger partial charge is 0.328 e. The van der Waals surface area contributed by atoms with E-state index in [1.807, 2.05) is 24.3 Å². The zero-order chi connectivity index (χ0) is 9.26. The fourth-order valence-corrected chi connectivity index (χ4v) is 2.17. The fourth-order valence-electron chi connectivity index (χ4n) is 1.03. The molecule has 0 saturated carbocycles. The number of hydrogen-bond donors (Lipinski definition) is 1. The van der Waals surface area contributed by atoms with E-state index in [0.29, 0.717) is 5.01 Å². The van der Waals surface area contributed by atoms with E-state index in [1.165, 1.54) is 11.3 Å². The molecule has 0 amide bonds. The molecular weight excluding hydrogens is 297 g/mol. The van der Waals surface area contributed by atoms with Crippen molar-refractivity contribution in [1.82, 2.24) is 4.98 Å². The van der Waals surface area contributed by atoms with Crippen molar-refractivity contribution < 1.29 is 0 Å². The summed E-state index contributed by atoms with van der Waals surface area (Å²) in [6.45, 7) is 0. The van der Waals surface area contributed by atoms with Crippen molar-refractivity contribution in [1.29, 1.82) is 5.26 Å². The molecule has 1 N–H and O–H groups in total. The van der Waals surface area contributed by atoms with Gasteiger partial charge in [-0.25, -0.2) is 4.98 Å². The fraction of sp³-hybridized carbons (Fsp3) is 0. The molecule has 1 aromatic heterocycles. The van der Waals surface area contributed by atoms with Gasteiger partial charge in [0.1, 0.15) is 6.07 Å². The van der Waals surface area contributed by atoms with Gasteiger partial charge in [0.2, 0.25) is 0 Å². The van der Waals surface area contributed by atoms with Crippen LogP contribution in [0.25, 0.3) is 10.2 Å². The summed E-state index contributed by atoms with van der Waals surface area (Å²) in [6, 6.07) is 7.88. The van der Waals surface area contributed by atoms with E-state index in [9.17, 15) is 0 Å². The van der Waals surface area contributed by atoms with Gasteiger partial charge in [-0.2, -0.15) is 5.26 Å². The number of nitrogens with one attached hydrogen (secondary N) is 1. The summed E-state index contributed by atoms with van der Waals surface area (Å²) >= 11 is 3.48. The Kier molecular flexibility index (Phi) is 2.33. The number of nitriles is 1. The Morgan fingerprint density at radius 2 is 2.38 bits per heavy atom. The first kappa shape index (κ1) is 8.72. The van der Waals surface area contributed by atoms with E-state index < -0.39 is 0 Å². The van der Waals surface area contributed by atoms with Crippen molar-refractivity contribution in [2.45, 2.75) is 0 Å². The zero-order valence-electron chi connectivity index (χ0n) is 6.41. The highest BCUT2D eigenvalue weighted by Gasteiger charge is 2.02. The molecule has 13 heavy (non-hydrogen) atoms. The van der Waals surface area contributed by atoms with E-state index in [4.69, 9.17) is 5.26 Å². The number of hydrogen-bond acceptors (Lipinski definition) is 4. The molecule has 2 aromatic rings. The van der Waals surface area contributed by atoms with Gasteiger partial charge in [-0.05, 0) is 18.2 Å². The van der Waals surface area contributed by atoms with Crippen molar-refractivity contribution in [2.24, 2.45) is 0 Å². The number of fused-ring (bicyclic) bond motifs is 1. The van der Waals surface area contributed by atoms with Crippen molar-refractivity contribution in [3.63, 3.8) is 0 Å². The van der Waals surface area contributed by atoms with Crippen molar-refractivity contribution in [3.8, 4) is 6.07 Å². The highest BCUT2D eigenvalue weighted by atomic mass is 127.